The molecule has 0 unspecified atom stereocenters. The molecule has 0 aromatic carbocycles. The lowest BCUT2D eigenvalue weighted by Crippen LogP contribution is -2.48. The molecule has 1 saturated heterocycles. The fourth-order valence-corrected chi connectivity index (χ4v) is 3.53. The van der Waals surface area contributed by atoms with Gasteiger partial charge in [0.05, 0.1) is 11.5 Å². The predicted octanol–water partition coefficient (Wildman–Crippen LogP) is 0.273. The topological polar surface area (TPSA) is 98.5 Å². The van der Waals surface area contributed by atoms with Crippen LogP contribution in [0.2, 0.25) is 0 Å². The van der Waals surface area contributed by atoms with Crippen LogP contribution in [0.3, 0.4) is 0 Å². The number of sulfone groups is 1. The van der Waals surface area contributed by atoms with Gasteiger partial charge >= 0.3 is 6.09 Å². The first kappa shape index (κ1) is 15.2. The molecule has 0 aliphatic carbocycles. The predicted molar refractivity (Wildman–Crippen MR) is 69.0 cm³/mol. The third-order valence-electron chi connectivity index (χ3n) is 2.76. The highest BCUT2D eigenvalue weighted by atomic mass is 32.2. The summed E-state index contributed by atoms with van der Waals surface area (Å²) in [6.07, 6.45) is -0.0117. The molecule has 0 radical (unpaired) electrons. The molecular weight excluding hydrogens is 256 g/mol. The van der Waals surface area contributed by atoms with Crippen molar-refractivity contribution in [2.75, 3.05) is 18.1 Å². The van der Waals surface area contributed by atoms with E-state index in [9.17, 15) is 13.2 Å². The van der Waals surface area contributed by atoms with Crippen molar-refractivity contribution in [3.05, 3.63) is 0 Å². The molecule has 3 N–H and O–H groups in total. The first-order valence-corrected chi connectivity index (χ1v) is 7.84. The van der Waals surface area contributed by atoms with Gasteiger partial charge in [0.2, 0.25) is 0 Å². The molecule has 18 heavy (non-hydrogen) atoms. The molecule has 6 nitrogen and oxygen atoms in total. The number of alkyl carbamates (subject to hydrolysis) is 1. The van der Waals surface area contributed by atoms with Crippen LogP contribution in [0, 0.1) is 5.92 Å². The molecule has 0 spiro atoms. The summed E-state index contributed by atoms with van der Waals surface area (Å²) < 4.78 is 27.8. The van der Waals surface area contributed by atoms with Crippen LogP contribution in [-0.2, 0) is 14.6 Å². The first-order valence-electron chi connectivity index (χ1n) is 6.02. The highest BCUT2D eigenvalue weighted by Gasteiger charge is 2.31. The van der Waals surface area contributed by atoms with Crippen LogP contribution in [0.5, 0.6) is 0 Å². The lowest BCUT2D eigenvalue weighted by molar-refractivity contribution is 0.0517. The van der Waals surface area contributed by atoms with E-state index in [0.29, 0.717) is 13.0 Å². The summed E-state index contributed by atoms with van der Waals surface area (Å²) in [7, 11) is -3.00. The third-order valence-corrected chi connectivity index (χ3v) is 4.51. The van der Waals surface area contributed by atoms with Crippen molar-refractivity contribution in [2.24, 2.45) is 11.7 Å². The summed E-state index contributed by atoms with van der Waals surface area (Å²) in [5.74, 6) is 0.121. The Bertz CT molecular complexity index is 400. The minimum atomic E-state index is -3.00. The summed E-state index contributed by atoms with van der Waals surface area (Å²) in [5, 5.41) is 2.63. The van der Waals surface area contributed by atoms with Gasteiger partial charge in [0.25, 0.3) is 0 Å². The van der Waals surface area contributed by atoms with E-state index in [1.165, 1.54) is 0 Å². The maximum atomic E-state index is 11.4. The van der Waals surface area contributed by atoms with Crippen molar-refractivity contribution in [3.63, 3.8) is 0 Å². The minimum absolute atomic E-state index is 0.00628. The number of carbonyl (C=O) groups excluding carboxylic acids is 1. The van der Waals surface area contributed by atoms with E-state index in [4.69, 9.17) is 10.5 Å². The van der Waals surface area contributed by atoms with Crippen molar-refractivity contribution >= 4 is 15.9 Å². The lowest BCUT2D eigenvalue weighted by atomic mass is 9.98. The molecule has 0 saturated carbocycles. The minimum Gasteiger partial charge on any atom is -0.444 e. The standard InChI is InChI=1S/C11H22N2O4S/c1-11(2,3)17-10(14)13-6-8-4-5-18(15,16)7-9(8)12/h8-9H,4-7,12H2,1-3H3,(H,13,14)/t8-,9-/m0/s1. The van der Waals surface area contributed by atoms with Crippen molar-refractivity contribution in [1.82, 2.24) is 5.32 Å². The Hall–Kier alpha value is -0.820. The lowest BCUT2D eigenvalue weighted by Gasteiger charge is -2.29. The molecule has 1 amide bonds. The number of rotatable bonds is 2. The molecule has 1 heterocycles. The molecule has 1 aliphatic rings. The van der Waals surface area contributed by atoms with Crippen LogP contribution in [0.1, 0.15) is 27.2 Å². The van der Waals surface area contributed by atoms with E-state index < -0.39 is 27.6 Å². The normalized spacial score (nSPS) is 27.6. The third kappa shape index (κ3) is 5.22. The highest BCUT2D eigenvalue weighted by Crippen LogP contribution is 2.17. The van der Waals surface area contributed by atoms with E-state index in [1.807, 2.05) is 0 Å². The summed E-state index contributed by atoms with van der Waals surface area (Å²) >= 11 is 0. The largest absolute Gasteiger partial charge is 0.444 e. The fourth-order valence-electron chi connectivity index (χ4n) is 1.84. The van der Waals surface area contributed by atoms with Crippen LogP contribution < -0.4 is 11.1 Å². The Labute approximate surface area is 108 Å². The Balaban J connectivity index is 2.39. The molecule has 0 aromatic rings. The summed E-state index contributed by atoms with van der Waals surface area (Å²) in [5.41, 5.74) is 5.26. The molecular formula is C11H22N2O4S. The molecule has 1 aliphatic heterocycles. The first-order chi connectivity index (χ1) is 8.09. The number of nitrogens with one attached hydrogen (secondary N) is 1. The van der Waals surface area contributed by atoms with Crippen molar-refractivity contribution in [1.29, 1.82) is 0 Å². The Morgan fingerprint density at radius 3 is 2.56 bits per heavy atom. The van der Waals surface area contributed by atoms with Gasteiger partial charge in [-0.1, -0.05) is 0 Å². The van der Waals surface area contributed by atoms with Crippen LogP contribution >= 0.6 is 0 Å². The smallest absolute Gasteiger partial charge is 0.407 e. The van der Waals surface area contributed by atoms with Crippen molar-refractivity contribution in [2.45, 2.75) is 38.8 Å². The number of carbonyl (C=O) groups is 1. The second-order valence-corrected chi connectivity index (χ2v) is 7.94. The van der Waals surface area contributed by atoms with Gasteiger partial charge in [-0.25, -0.2) is 13.2 Å². The summed E-state index contributed by atoms with van der Waals surface area (Å²) in [4.78, 5) is 11.4. The van der Waals surface area contributed by atoms with Crippen LogP contribution in [0.4, 0.5) is 4.79 Å². The van der Waals surface area contributed by atoms with Gasteiger partial charge < -0.3 is 15.8 Å². The maximum absolute atomic E-state index is 11.4. The average Bonchev–Trinajstić information content (AvgIpc) is 2.12. The molecule has 0 aromatic heterocycles. The zero-order chi connectivity index (χ0) is 14.0. The van der Waals surface area contributed by atoms with Gasteiger partial charge in [-0.05, 0) is 33.1 Å². The molecule has 1 rings (SSSR count). The Morgan fingerprint density at radius 2 is 2.06 bits per heavy atom. The summed E-state index contributed by atoms with van der Waals surface area (Å²) in [6, 6.07) is -0.418. The number of amides is 1. The van der Waals surface area contributed by atoms with E-state index in [0.717, 1.165) is 0 Å². The number of hydrogen-bond acceptors (Lipinski definition) is 5. The zero-order valence-corrected chi connectivity index (χ0v) is 11.9. The Kier molecular flexibility index (Phi) is 4.61. The van der Waals surface area contributed by atoms with E-state index in [-0.39, 0.29) is 17.4 Å². The number of hydrogen-bond donors (Lipinski definition) is 2. The number of ether oxygens (including phenoxy) is 1. The molecule has 7 heteroatoms. The number of nitrogens with two attached hydrogens (primary N) is 1. The molecule has 2 atom stereocenters. The quantitative estimate of drug-likeness (QED) is 0.755. The zero-order valence-electron chi connectivity index (χ0n) is 11.1. The highest BCUT2D eigenvalue weighted by molar-refractivity contribution is 7.91. The van der Waals surface area contributed by atoms with Gasteiger partial charge in [0.15, 0.2) is 9.84 Å². The van der Waals surface area contributed by atoms with Gasteiger partial charge in [0.1, 0.15) is 5.60 Å². The van der Waals surface area contributed by atoms with Gasteiger partial charge in [-0.2, -0.15) is 0 Å². The molecule has 0 bridgehead atoms. The van der Waals surface area contributed by atoms with E-state index in [1.54, 1.807) is 20.8 Å². The second-order valence-electron chi connectivity index (χ2n) is 5.71. The summed E-state index contributed by atoms with van der Waals surface area (Å²) in [6.45, 7) is 5.70. The second kappa shape index (κ2) is 5.44. The molecule has 1 fully saturated rings. The SMILES string of the molecule is CC(C)(C)OC(=O)NC[C@@H]1CCS(=O)(=O)C[C@@H]1N. The fraction of sp³-hybridized carbons (Fsp3) is 0.909. The van der Waals surface area contributed by atoms with Crippen LogP contribution in [0.15, 0.2) is 0 Å². The Morgan fingerprint density at radius 1 is 1.44 bits per heavy atom. The maximum Gasteiger partial charge on any atom is 0.407 e. The average molecular weight is 278 g/mol. The van der Waals surface area contributed by atoms with Crippen molar-refractivity contribution in [3.8, 4) is 0 Å². The van der Waals surface area contributed by atoms with Crippen LogP contribution in [-0.4, -0.2) is 44.2 Å². The van der Waals surface area contributed by atoms with Crippen LogP contribution in [0.25, 0.3) is 0 Å². The van der Waals surface area contributed by atoms with E-state index >= 15 is 0 Å². The van der Waals surface area contributed by atoms with Gasteiger partial charge in [-0.3, -0.25) is 0 Å². The van der Waals surface area contributed by atoms with Gasteiger partial charge in [-0.15, -0.1) is 0 Å². The van der Waals surface area contributed by atoms with Gasteiger partial charge in [0, 0.05) is 12.6 Å². The van der Waals surface area contributed by atoms with E-state index in [2.05, 4.69) is 5.32 Å². The van der Waals surface area contributed by atoms with Crippen molar-refractivity contribution < 1.29 is 17.9 Å². The molecule has 106 valence electrons. The monoisotopic (exact) mass is 278 g/mol.